The molecule has 10 N–H and O–H groups in total. The van der Waals surface area contributed by atoms with Crippen LogP contribution in [0.3, 0.4) is 0 Å². The maximum absolute atomic E-state index is 11.5. The number of rotatable bonds is 11. The molecule has 3 aliphatic rings. The third-order valence-corrected chi connectivity index (χ3v) is 19.8. The number of benzene rings is 5. The molecule has 10 aromatic heterocycles. The van der Waals surface area contributed by atoms with Crippen LogP contribution in [0.5, 0.6) is 0 Å². The Labute approximate surface area is 548 Å². The number of hydrogen-bond acceptors (Lipinski definition) is 15. The molecule has 0 atom stereocenters. The summed E-state index contributed by atoms with van der Waals surface area (Å²) in [6, 6.07) is 55.5. The van der Waals surface area contributed by atoms with Gasteiger partial charge in [-0.1, -0.05) is 128 Å². The second kappa shape index (κ2) is 24.0. The van der Waals surface area contributed by atoms with Gasteiger partial charge in [-0.05, 0) is 86.4 Å². The van der Waals surface area contributed by atoms with Crippen molar-refractivity contribution >= 4 is 89.9 Å². The van der Waals surface area contributed by atoms with Gasteiger partial charge in [0.2, 0.25) is 11.8 Å². The lowest BCUT2D eigenvalue weighted by atomic mass is 9.74. The standard InChI is InChI=1S/2C26H22N6O.C23H19N5S/c2*27-24-23-22(31-26(32(23)11-10-29-24)19-12-18(13-19)25(28)33)17-7-6-16-8-9-20(30-21(16)14-17)15-4-2-1-3-5-15;24-22-21-20(27-23(15-3-1-4-15)28(21)11-10-25-22)16-7-6-14-8-9-17(26-18(14)13-16)19-5-2-12-29-19/h2*1-11,14,18-19H,12-13H2,(H2,27,29)(H2,28,33);2,5-13,15H,1,3-4H2,(H2,24,25). The maximum Gasteiger partial charge on any atom is 0.220 e. The number of hydrogen-bond donors (Lipinski definition) is 5. The zero-order valence-electron chi connectivity index (χ0n) is 51.4. The molecular formula is C75H63N17O2S. The first-order valence-corrected chi connectivity index (χ1v) is 32.7. The highest BCUT2D eigenvalue weighted by Gasteiger charge is 2.39. The summed E-state index contributed by atoms with van der Waals surface area (Å²) in [7, 11) is 0. The molecule has 95 heavy (non-hydrogen) atoms. The van der Waals surface area contributed by atoms with Gasteiger partial charge in [-0.2, -0.15) is 0 Å². The maximum atomic E-state index is 11.5. The average Bonchev–Trinajstić information content (AvgIpc) is 1.62. The van der Waals surface area contributed by atoms with Crippen molar-refractivity contribution < 1.29 is 9.59 Å². The van der Waals surface area contributed by atoms with E-state index in [4.69, 9.17) is 58.6 Å². The van der Waals surface area contributed by atoms with Crippen LogP contribution in [-0.2, 0) is 9.59 Å². The number of pyridine rings is 3. The van der Waals surface area contributed by atoms with Crippen LogP contribution in [0.1, 0.15) is 80.2 Å². The van der Waals surface area contributed by atoms with Crippen molar-refractivity contribution in [3.8, 4) is 66.9 Å². The fourth-order valence-corrected chi connectivity index (χ4v) is 14.1. The van der Waals surface area contributed by atoms with E-state index in [9.17, 15) is 9.59 Å². The summed E-state index contributed by atoms with van der Waals surface area (Å²) in [5.74, 6) is 4.37. The van der Waals surface area contributed by atoms with E-state index in [1.165, 1.54) is 24.1 Å². The number of carbonyl (C=O) groups is 2. The smallest absolute Gasteiger partial charge is 0.220 e. The lowest BCUT2D eigenvalue weighted by Gasteiger charge is -2.31. The van der Waals surface area contributed by atoms with Crippen molar-refractivity contribution in [3.05, 3.63) is 224 Å². The molecular weight excluding hydrogens is 1200 g/mol. The number of imidazole rings is 3. The van der Waals surface area contributed by atoms with E-state index in [0.29, 0.717) is 49.1 Å². The lowest BCUT2D eigenvalue weighted by Crippen LogP contribution is -2.34. The van der Waals surface area contributed by atoms with Gasteiger partial charge >= 0.3 is 0 Å². The molecule has 5 aromatic carbocycles. The fourth-order valence-electron chi connectivity index (χ4n) is 13.4. The Morgan fingerprint density at radius 1 is 0.400 bits per heavy atom. The normalized spacial score (nSPS) is 16.8. The van der Waals surface area contributed by atoms with Crippen molar-refractivity contribution in [2.45, 2.75) is 62.7 Å². The van der Waals surface area contributed by atoms with Gasteiger partial charge in [-0.15, -0.1) is 11.3 Å². The van der Waals surface area contributed by atoms with Gasteiger partial charge in [-0.25, -0.2) is 44.9 Å². The highest BCUT2D eigenvalue weighted by Crippen LogP contribution is 2.46. The Balaban J connectivity index is 0.000000113. The molecule has 0 spiro atoms. The molecule has 2 amide bonds. The third-order valence-electron chi connectivity index (χ3n) is 18.9. The van der Waals surface area contributed by atoms with Crippen LogP contribution in [0.15, 0.2) is 206 Å². The van der Waals surface area contributed by atoms with Crippen molar-refractivity contribution in [3.63, 3.8) is 0 Å². The molecule has 18 rings (SSSR count). The van der Waals surface area contributed by atoms with Crippen molar-refractivity contribution in [1.82, 2.24) is 58.1 Å². The van der Waals surface area contributed by atoms with Crippen LogP contribution < -0.4 is 28.7 Å². The van der Waals surface area contributed by atoms with Crippen LogP contribution in [0.4, 0.5) is 17.5 Å². The molecule has 10 heterocycles. The molecule has 0 bridgehead atoms. The van der Waals surface area contributed by atoms with Crippen molar-refractivity contribution in [2.24, 2.45) is 23.3 Å². The van der Waals surface area contributed by atoms with Gasteiger partial charge in [0.25, 0.3) is 0 Å². The van der Waals surface area contributed by atoms with Crippen molar-refractivity contribution in [1.29, 1.82) is 0 Å². The average molecular weight is 1270 g/mol. The summed E-state index contributed by atoms with van der Waals surface area (Å²) >= 11 is 1.70. The SMILES string of the molecule is NC(=O)C1CC(c2nc(-c3ccc4ccc(-c5ccccc5)nc4c3)c3c(N)nccn23)C1.NC(=O)C1CC(c2nc(-c3ccc4ccc(-c5ccccc5)nc4c3)c3c(N)nccn23)C1.Nc1nccn2c(C3CCC3)nc(-c3ccc4ccc(-c5cccs5)nc4c3)c12. The number of nitrogens with zero attached hydrogens (tertiary/aromatic N) is 12. The fraction of sp³-hybridized carbons (Fsp3) is 0.160. The number of nitrogens with two attached hydrogens (primary N) is 5. The van der Waals surface area contributed by atoms with Crippen molar-refractivity contribution in [2.75, 3.05) is 17.2 Å². The van der Waals surface area contributed by atoms with Gasteiger partial charge in [0.15, 0.2) is 0 Å². The van der Waals surface area contributed by atoms with Crippen LogP contribution in [-0.4, -0.2) is 69.9 Å². The van der Waals surface area contributed by atoms with Crippen LogP contribution in [0.25, 0.3) is 116 Å². The van der Waals surface area contributed by atoms with Gasteiger partial charge < -0.3 is 28.7 Å². The molecule has 0 unspecified atom stereocenters. The number of anilines is 3. The highest BCUT2D eigenvalue weighted by molar-refractivity contribution is 7.13. The zero-order chi connectivity index (χ0) is 64.4. The Morgan fingerprint density at radius 2 is 0.768 bits per heavy atom. The van der Waals surface area contributed by atoms with Crippen LogP contribution in [0.2, 0.25) is 0 Å². The van der Waals surface area contributed by atoms with Gasteiger partial charge in [0.05, 0.1) is 38.5 Å². The van der Waals surface area contributed by atoms with E-state index in [1.807, 2.05) is 100 Å². The summed E-state index contributed by atoms with van der Waals surface area (Å²) in [6.07, 6.45) is 17.3. The Hall–Kier alpha value is -11.8. The minimum Gasteiger partial charge on any atom is -0.382 e. The second-order valence-corrected chi connectivity index (χ2v) is 25.7. The Morgan fingerprint density at radius 3 is 1.13 bits per heavy atom. The Kier molecular flexibility index (Phi) is 14.8. The number of fused-ring (bicyclic) bond motifs is 6. The van der Waals surface area contributed by atoms with E-state index < -0.39 is 0 Å². The first-order chi connectivity index (χ1) is 46.4. The number of primary amides is 2. The molecule has 0 saturated heterocycles. The number of thiophene rings is 1. The molecule has 0 radical (unpaired) electrons. The molecule has 3 saturated carbocycles. The monoisotopic (exact) mass is 1270 g/mol. The second-order valence-electron chi connectivity index (χ2n) is 24.7. The topological polar surface area (TPSA) is 293 Å². The number of carbonyl (C=O) groups excluding carboxylic acids is 2. The number of amides is 2. The highest BCUT2D eigenvalue weighted by atomic mass is 32.1. The molecule has 3 aliphatic carbocycles. The van der Waals surface area contributed by atoms with E-state index in [0.717, 1.165) is 129 Å². The third kappa shape index (κ3) is 10.8. The van der Waals surface area contributed by atoms with Gasteiger partial charge in [0, 0.05) is 111 Å². The Bertz CT molecular complexity index is 5230. The molecule has 15 aromatic rings. The summed E-state index contributed by atoms with van der Waals surface area (Å²) in [4.78, 5) is 66.8. The minimum absolute atomic E-state index is 0.0914. The molecule has 20 heteroatoms. The predicted molar refractivity (Wildman–Crippen MR) is 375 cm³/mol. The summed E-state index contributed by atoms with van der Waals surface area (Å²) in [6.45, 7) is 0. The summed E-state index contributed by atoms with van der Waals surface area (Å²) in [5, 5.41) is 5.29. The largest absolute Gasteiger partial charge is 0.382 e. The molecule has 0 aliphatic heterocycles. The lowest BCUT2D eigenvalue weighted by molar-refractivity contribution is -0.125. The number of nitrogen functional groups attached to an aromatic ring is 3. The molecule has 19 nitrogen and oxygen atoms in total. The minimum atomic E-state index is -0.247. The van der Waals surface area contributed by atoms with Crippen LogP contribution in [0, 0.1) is 11.8 Å². The summed E-state index contributed by atoms with van der Waals surface area (Å²) in [5.41, 5.74) is 45.3. The number of aromatic nitrogens is 12. The summed E-state index contributed by atoms with van der Waals surface area (Å²) < 4.78 is 6.12. The van der Waals surface area contributed by atoms with Gasteiger partial charge in [0.1, 0.15) is 68.6 Å². The molecule has 3 fully saturated rings. The zero-order valence-corrected chi connectivity index (χ0v) is 52.3. The first-order valence-electron chi connectivity index (χ1n) is 31.8. The first kappa shape index (κ1) is 58.3. The predicted octanol–water partition coefficient (Wildman–Crippen LogP) is 13.9. The van der Waals surface area contributed by atoms with E-state index >= 15 is 0 Å². The van der Waals surface area contributed by atoms with E-state index in [2.05, 4.69) is 116 Å². The quantitative estimate of drug-likeness (QED) is 0.0805. The molecule has 466 valence electrons. The van der Waals surface area contributed by atoms with E-state index in [-0.39, 0.29) is 35.5 Å². The van der Waals surface area contributed by atoms with Gasteiger partial charge in [-0.3, -0.25) is 22.8 Å². The van der Waals surface area contributed by atoms with E-state index in [1.54, 1.807) is 29.9 Å². The van der Waals surface area contributed by atoms with Crippen LogP contribution >= 0.6 is 11.3 Å².